The fourth-order valence-corrected chi connectivity index (χ4v) is 2.04. The molecule has 1 amide bonds. The first kappa shape index (κ1) is 16.7. The van der Waals surface area contributed by atoms with Crippen LogP contribution in [0, 0.1) is 11.3 Å². The molecular weight excluding hydrogens is 360 g/mol. The number of carbonyl (C=O) groups excluding carboxylic acids is 2. The summed E-state index contributed by atoms with van der Waals surface area (Å²) in [4.78, 5) is 24.0. The molecule has 0 fully saturated rings. The molecule has 0 saturated carbocycles. The molecule has 0 aromatic heterocycles. The molecule has 0 aliphatic heterocycles. The van der Waals surface area contributed by atoms with Gasteiger partial charge in [-0.3, -0.25) is 4.79 Å². The van der Waals surface area contributed by atoms with E-state index in [0.29, 0.717) is 16.8 Å². The number of esters is 1. The van der Waals surface area contributed by atoms with E-state index in [1.54, 1.807) is 48.5 Å². The predicted molar refractivity (Wildman–Crippen MR) is 88.8 cm³/mol. The van der Waals surface area contributed by atoms with Crippen molar-refractivity contribution in [2.45, 2.75) is 13.0 Å². The summed E-state index contributed by atoms with van der Waals surface area (Å²) in [6.07, 6.45) is -0.961. The summed E-state index contributed by atoms with van der Waals surface area (Å²) in [5.41, 5.74) is 1.27. The van der Waals surface area contributed by atoms with Crippen LogP contribution in [-0.2, 0) is 9.53 Å². The topological polar surface area (TPSA) is 79.2 Å². The second kappa shape index (κ2) is 7.56. The number of nitrogens with zero attached hydrogens (tertiary/aromatic N) is 1. The van der Waals surface area contributed by atoms with Gasteiger partial charge in [-0.15, -0.1) is 0 Å². The van der Waals surface area contributed by atoms with Crippen LogP contribution >= 0.6 is 15.9 Å². The lowest BCUT2D eigenvalue weighted by molar-refractivity contribution is -0.123. The Hall–Kier alpha value is -2.65. The number of carbonyl (C=O) groups is 2. The van der Waals surface area contributed by atoms with Gasteiger partial charge in [-0.05, 0) is 49.4 Å². The minimum Gasteiger partial charge on any atom is -0.449 e. The zero-order valence-electron chi connectivity index (χ0n) is 12.2. The number of hydrogen-bond acceptors (Lipinski definition) is 4. The first-order valence-corrected chi connectivity index (χ1v) is 7.56. The molecule has 1 N–H and O–H groups in total. The van der Waals surface area contributed by atoms with Crippen LogP contribution in [0.15, 0.2) is 53.0 Å². The van der Waals surface area contributed by atoms with E-state index in [1.807, 2.05) is 6.07 Å². The van der Waals surface area contributed by atoms with Crippen LogP contribution in [0.3, 0.4) is 0 Å². The van der Waals surface area contributed by atoms with Crippen LogP contribution in [0.1, 0.15) is 22.8 Å². The lowest BCUT2D eigenvalue weighted by Crippen LogP contribution is -2.30. The second-order valence-corrected chi connectivity index (χ2v) is 5.65. The molecule has 1 atom stereocenters. The number of halogens is 1. The molecule has 0 spiro atoms. The van der Waals surface area contributed by atoms with E-state index >= 15 is 0 Å². The van der Waals surface area contributed by atoms with Gasteiger partial charge in [-0.2, -0.15) is 5.26 Å². The first-order valence-electron chi connectivity index (χ1n) is 6.77. The summed E-state index contributed by atoms with van der Waals surface area (Å²) in [7, 11) is 0. The van der Waals surface area contributed by atoms with Crippen molar-refractivity contribution >= 4 is 33.5 Å². The summed E-state index contributed by atoms with van der Waals surface area (Å²) in [6.45, 7) is 1.49. The number of hydrogen-bond donors (Lipinski definition) is 1. The number of anilines is 1. The molecule has 0 aliphatic carbocycles. The molecule has 2 aromatic rings. The van der Waals surface area contributed by atoms with Crippen LogP contribution in [-0.4, -0.2) is 18.0 Å². The average Bonchev–Trinajstić information content (AvgIpc) is 2.55. The molecule has 0 aliphatic rings. The maximum absolute atomic E-state index is 12.1. The Morgan fingerprint density at radius 3 is 2.57 bits per heavy atom. The first-order chi connectivity index (χ1) is 11.0. The summed E-state index contributed by atoms with van der Waals surface area (Å²) < 4.78 is 5.98. The van der Waals surface area contributed by atoms with E-state index in [0.717, 1.165) is 4.47 Å². The zero-order chi connectivity index (χ0) is 16.8. The molecule has 6 heteroatoms. The molecular formula is C17H13BrN2O3. The Labute approximate surface area is 142 Å². The molecule has 0 unspecified atom stereocenters. The van der Waals surface area contributed by atoms with E-state index in [9.17, 15) is 9.59 Å². The molecule has 0 saturated heterocycles. The molecule has 116 valence electrons. The second-order valence-electron chi connectivity index (χ2n) is 4.74. The van der Waals surface area contributed by atoms with Crippen LogP contribution < -0.4 is 5.32 Å². The Kier molecular flexibility index (Phi) is 5.50. The van der Waals surface area contributed by atoms with Crippen molar-refractivity contribution < 1.29 is 14.3 Å². The van der Waals surface area contributed by atoms with Crippen LogP contribution in [0.5, 0.6) is 0 Å². The fourth-order valence-electron chi connectivity index (χ4n) is 1.78. The highest BCUT2D eigenvalue weighted by atomic mass is 79.9. The third-order valence-electron chi connectivity index (χ3n) is 2.99. The highest BCUT2D eigenvalue weighted by Crippen LogP contribution is 2.13. The lowest BCUT2D eigenvalue weighted by Gasteiger charge is -2.13. The summed E-state index contributed by atoms with van der Waals surface area (Å²) >= 11 is 3.28. The Morgan fingerprint density at radius 1 is 1.22 bits per heavy atom. The van der Waals surface area contributed by atoms with Gasteiger partial charge in [0.25, 0.3) is 5.91 Å². The Morgan fingerprint density at radius 2 is 1.91 bits per heavy atom. The zero-order valence-corrected chi connectivity index (χ0v) is 13.8. The van der Waals surface area contributed by atoms with Gasteiger partial charge in [0.15, 0.2) is 6.10 Å². The van der Waals surface area contributed by atoms with Crippen molar-refractivity contribution in [3.05, 3.63) is 64.1 Å². The van der Waals surface area contributed by atoms with Gasteiger partial charge in [0.05, 0.1) is 17.2 Å². The van der Waals surface area contributed by atoms with Crippen molar-refractivity contribution in [3.8, 4) is 6.07 Å². The van der Waals surface area contributed by atoms with E-state index in [1.165, 1.54) is 6.92 Å². The van der Waals surface area contributed by atoms with Crippen molar-refractivity contribution in [2.75, 3.05) is 5.32 Å². The number of nitrogens with one attached hydrogen (secondary N) is 1. The van der Waals surface area contributed by atoms with Crippen molar-refractivity contribution in [1.29, 1.82) is 5.26 Å². The maximum atomic E-state index is 12.1. The molecule has 23 heavy (non-hydrogen) atoms. The number of rotatable bonds is 4. The summed E-state index contributed by atoms with van der Waals surface area (Å²) in [5, 5.41) is 11.4. The quantitative estimate of drug-likeness (QED) is 0.832. The van der Waals surface area contributed by atoms with Gasteiger partial charge in [0, 0.05) is 10.2 Å². The third kappa shape index (κ3) is 4.66. The Balaban J connectivity index is 1.98. The summed E-state index contributed by atoms with van der Waals surface area (Å²) in [5.74, 6) is -1.04. The smallest absolute Gasteiger partial charge is 0.338 e. The van der Waals surface area contributed by atoms with Crippen molar-refractivity contribution in [1.82, 2.24) is 0 Å². The largest absolute Gasteiger partial charge is 0.449 e. The van der Waals surface area contributed by atoms with E-state index in [-0.39, 0.29) is 0 Å². The fraction of sp³-hybridized carbons (Fsp3) is 0.118. The molecule has 5 nitrogen and oxygen atoms in total. The minimum absolute atomic E-state index is 0.360. The molecule has 0 heterocycles. The van der Waals surface area contributed by atoms with E-state index in [4.69, 9.17) is 10.00 Å². The monoisotopic (exact) mass is 372 g/mol. The number of amides is 1. The van der Waals surface area contributed by atoms with Gasteiger partial charge in [-0.1, -0.05) is 22.0 Å². The molecule has 0 bridgehead atoms. The van der Waals surface area contributed by atoms with Gasteiger partial charge < -0.3 is 10.1 Å². The van der Waals surface area contributed by atoms with E-state index < -0.39 is 18.0 Å². The number of nitriles is 1. The average molecular weight is 373 g/mol. The van der Waals surface area contributed by atoms with Crippen molar-refractivity contribution in [2.24, 2.45) is 0 Å². The van der Waals surface area contributed by atoms with Crippen LogP contribution in [0.2, 0.25) is 0 Å². The van der Waals surface area contributed by atoms with E-state index in [2.05, 4.69) is 21.2 Å². The highest BCUT2D eigenvalue weighted by molar-refractivity contribution is 9.10. The minimum atomic E-state index is -0.961. The number of benzene rings is 2. The molecule has 2 aromatic carbocycles. The summed E-state index contributed by atoms with van der Waals surface area (Å²) in [6, 6.07) is 15.1. The van der Waals surface area contributed by atoms with Crippen LogP contribution in [0.4, 0.5) is 5.69 Å². The standard InChI is InChI=1S/C17H13BrN2O3/c1-11(23-17(22)13-5-7-14(18)8-6-13)16(21)20-15-4-2-3-12(9-15)10-19/h2-9,11H,1H3,(H,20,21)/t11-/m1/s1. The van der Waals surface area contributed by atoms with Crippen molar-refractivity contribution in [3.63, 3.8) is 0 Å². The predicted octanol–water partition coefficient (Wildman–Crippen LogP) is 3.50. The van der Waals surface area contributed by atoms with Gasteiger partial charge in [-0.25, -0.2) is 4.79 Å². The van der Waals surface area contributed by atoms with Gasteiger partial charge >= 0.3 is 5.97 Å². The third-order valence-corrected chi connectivity index (χ3v) is 3.52. The normalized spacial score (nSPS) is 11.2. The maximum Gasteiger partial charge on any atom is 0.338 e. The molecule has 2 rings (SSSR count). The molecule has 0 radical (unpaired) electrons. The van der Waals surface area contributed by atoms with Gasteiger partial charge in [0.1, 0.15) is 0 Å². The van der Waals surface area contributed by atoms with Gasteiger partial charge in [0.2, 0.25) is 0 Å². The highest BCUT2D eigenvalue weighted by Gasteiger charge is 2.19. The lowest BCUT2D eigenvalue weighted by atomic mass is 10.2. The Bertz CT molecular complexity index is 766. The SMILES string of the molecule is C[C@@H](OC(=O)c1ccc(Br)cc1)C(=O)Nc1cccc(C#N)c1. The number of ether oxygens (including phenoxy) is 1. The van der Waals surface area contributed by atoms with Crippen LogP contribution in [0.25, 0.3) is 0 Å².